The van der Waals surface area contributed by atoms with E-state index in [-0.39, 0.29) is 24.2 Å². The van der Waals surface area contributed by atoms with Crippen LogP contribution in [0.25, 0.3) is 0 Å². The number of carbonyl (C=O) groups is 1. The number of nitrogens with one attached hydrogen (secondary N) is 1. The van der Waals surface area contributed by atoms with Gasteiger partial charge >= 0.3 is 0 Å². The molecule has 0 saturated heterocycles. The van der Waals surface area contributed by atoms with Crippen LogP contribution in [0.4, 0.5) is 0 Å². The minimum Gasteiger partial charge on any atom is -0.356 e. The quantitative estimate of drug-likeness (QED) is 0.708. The minimum atomic E-state index is -1.04. The van der Waals surface area contributed by atoms with E-state index in [9.17, 15) is 9.00 Å². The number of amides is 1. The molecule has 120 valence electrons. The summed E-state index contributed by atoms with van der Waals surface area (Å²) in [5, 5.41) is 2.83. The van der Waals surface area contributed by atoms with Gasteiger partial charge in [0.25, 0.3) is 0 Å². The number of benzene rings is 1. The van der Waals surface area contributed by atoms with Crippen LogP contribution < -0.4 is 11.1 Å². The second-order valence-electron chi connectivity index (χ2n) is 4.75. The average Bonchev–Trinajstić information content (AvgIpc) is 2.45. The van der Waals surface area contributed by atoms with Gasteiger partial charge in [0.05, 0.1) is 10.8 Å². The van der Waals surface area contributed by atoms with Crippen molar-refractivity contribution in [1.82, 2.24) is 5.32 Å². The SMILES string of the molecule is CC(CN)CNC(=O)CCCS(=O)c1ccc(Br)cc1.Cl. The van der Waals surface area contributed by atoms with Crippen LogP contribution >= 0.6 is 28.3 Å². The Morgan fingerprint density at radius 3 is 2.57 bits per heavy atom. The molecular weight excluding hydrogens is 376 g/mol. The van der Waals surface area contributed by atoms with Crippen molar-refractivity contribution in [2.75, 3.05) is 18.8 Å². The molecule has 0 saturated carbocycles. The molecule has 0 radical (unpaired) electrons. The fraction of sp³-hybridized carbons (Fsp3) is 0.500. The van der Waals surface area contributed by atoms with Crippen molar-refractivity contribution in [3.05, 3.63) is 28.7 Å². The molecule has 2 unspecified atom stereocenters. The van der Waals surface area contributed by atoms with Gasteiger partial charge in [-0.1, -0.05) is 22.9 Å². The van der Waals surface area contributed by atoms with Crippen molar-refractivity contribution in [3.63, 3.8) is 0 Å². The highest BCUT2D eigenvalue weighted by Crippen LogP contribution is 2.14. The first kappa shape index (κ1) is 20.6. The van der Waals surface area contributed by atoms with Crippen LogP contribution in [0.1, 0.15) is 19.8 Å². The molecule has 1 rings (SSSR count). The molecule has 4 nitrogen and oxygen atoms in total. The van der Waals surface area contributed by atoms with Crippen molar-refractivity contribution < 1.29 is 9.00 Å². The van der Waals surface area contributed by atoms with Crippen LogP contribution in [0.15, 0.2) is 33.6 Å². The number of halogens is 2. The molecule has 1 aromatic carbocycles. The molecule has 7 heteroatoms. The van der Waals surface area contributed by atoms with E-state index in [2.05, 4.69) is 21.2 Å². The maximum absolute atomic E-state index is 12.0. The fourth-order valence-electron chi connectivity index (χ4n) is 1.53. The summed E-state index contributed by atoms with van der Waals surface area (Å²) in [6, 6.07) is 7.41. The van der Waals surface area contributed by atoms with Gasteiger partial charge in [-0.15, -0.1) is 12.4 Å². The first-order chi connectivity index (χ1) is 9.52. The van der Waals surface area contributed by atoms with Crippen molar-refractivity contribution in [2.45, 2.75) is 24.7 Å². The second kappa shape index (κ2) is 11.2. The van der Waals surface area contributed by atoms with Crippen LogP contribution in [0.5, 0.6) is 0 Å². The molecule has 1 amide bonds. The van der Waals surface area contributed by atoms with E-state index in [1.807, 2.05) is 31.2 Å². The average molecular weight is 398 g/mol. The molecule has 0 aliphatic rings. The predicted molar refractivity (Wildman–Crippen MR) is 93.1 cm³/mol. The highest BCUT2D eigenvalue weighted by Gasteiger charge is 2.07. The van der Waals surface area contributed by atoms with Gasteiger partial charge in [-0.05, 0) is 43.1 Å². The van der Waals surface area contributed by atoms with Crippen LogP contribution in [-0.4, -0.2) is 29.0 Å². The summed E-state index contributed by atoms with van der Waals surface area (Å²) in [6.45, 7) is 3.15. The summed E-state index contributed by atoms with van der Waals surface area (Å²) in [5.41, 5.74) is 5.48. The van der Waals surface area contributed by atoms with Gasteiger partial charge in [0.15, 0.2) is 0 Å². The lowest BCUT2D eigenvalue weighted by atomic mass is 10.2. The maximum atomic E-state index is 12.0. The summed E-state index contributed by atoms with van der Waals surface area (Å²) in [4.78, 5) is 12.4. The molecule has 0 aliphatic carbocycles. The number of nitrogens with two attached hydrogens (primary N) is 1. The summed E-state index contributed by atoms with van der Waals surface area (Å²) in [7, 11) is -1.04. The lowest BCUT2D eigenvalue weighted by molar-refractivity contribution is -0.121. The smallest absolute Gasteiger partial charge is 0.220 e. The Labute approximate surface area is 143 Å². The molecule has 2 atom stereocenters. The molecule has 3 N–H and O–H groups in total. The van der Waals surface area contributed by atoms with Gasteiger partial charge in [-0.25, -0.2) is 0 Å². The molecule has 0 bridgehead atoms. The largest absolute Gasteiger partial charge is 0.356 e. The van der Waals surface area contributed by atoms with E-state index in [4.69, 9.17) is 5.73 Å². The number of hydrogen-bond acceptors (Lipinski definition) is 3. The Bertz CT molecular complexity index is 457. The molecule has 0 aliphatic heterocycles. The van der Waals surface area contributed by atoms with Gasteiger partial charge in [0.1, 0.15) is 0 Å². The molecule has 0 spiro atoms. The van der Waals surface area contributed by atoms with Gasteiger partial charge in [0, 0.05) is 28.1 Å². The normalized spacial score (nSPS) is 13.1. The highest BCUT2D eigenvalue weighted by molar-refractivity contribution is 9.10. The van der Waals surface area contributed by atoms with E-state index >= 15 is 0 Å². The Morgan fingerprint density at radius 1 is 1.38 bits per heavy atom. The molecule has 0 aromatic heterocycles. The predicted octanol–water partition coefficient (Wildman–Crippen LogP) is 2.47. The van der Waals surface area contributed by atoms with Crippen LogP contribution in [0, 0.1) is 5.92 Å². The van der Waals surface area contributed by atoms with Gasteiger partial charge in [-0.2, -0.15) is 0 Å². The van der Waals surface area contributed by atoms with Gasteiger partial charge in [-0.3, -0.25) is 9.00 Å². The number of carbonyl (C=O) groups excluding carboxylic acids is 1. The summed E-state index contributed by atoms with van der Waals surface area (Å²) in [5.74, 6) is 0.788. The lowest BCUT2D eigenvalue weighted by Crippen LogP contribution is -2.31. The first-order valence-electron chi connectivity index (χ1n) is 6.63. The summed E-state index contributed by atoms with van der Waals surface area (Å²) in [6.07, 6.45) is 1.02. The summed E-state index contributed by atoms with van der Waals surface area (Å²) >= 11 is 3.34. The molecule has 1 aromatic rings. The molecule has 0 fully saturated rings. The van der Waals surface area contributed by atoms with Crippen LogP contribution in [0.2, 0.25) is 0 Å². The fourth-order valence-corrected chi connectivity index (χ4v) is 2.87. The Hall–Kier alpha value is -0.430. The third kappa shape index (κ3) is 8.56. The second-order valence-corrected chi connectivity index (χ2v) is 7.24. The van der Waals surface area contributed by atoms with E-state index in [1.54, 1.807) is 0 Å². The zero-order valence-corrected chi connectivity index (χ0v) is 15.2. The Morgan fingerprint density at radius 2 is 2.00 bits per heavy atom. The first-order valence-corrected chi connectivity index (χ1v) is 8.75. The Kier molecular flexibility index (Phi) is 11.0. The number of hydrogen-bond donors (Lipinski definition) is 2. The zero-order chi connectivity index (χ0) is 15.0. The van der Waals surface area contributed by atoms with E-state index in [1.165, 1.54) is 0 Å². The molecule has 21 heavy (non-hydrogen) atoms. The van der Waals surface area contributed by atoms with Gasteiger partial charge in [0.2, 0.25) is 5.91 Å². The van der Waals surface area contributed by atoms with E-state index < -0.39 is 10.8 Å². The lowest BCUT2D eigenvalue weighted by Gasteiger charge is -2.09. The topological polar surface area (TPSA) is 72.2 Å². The zero-order valence-electron chi connectivity index (χ0n) is 12.0. The maximum Gasteiger partial charge on any atom is 0.220 e. The van der Waals surface area contributed by atoms with Crippen LogP contribution in [0.3, 0.4) is 0 Å². The standard InChI is InChI=1S/C14H21BrN2O2S.ClH/c1-11(9-16)10-17-14(18)3-2-8-20(19)13-6-4-12(15)5-7-13;/h4-7,11H,2-3,8-10,16H2,1H3,(H,17,18);1H. The van der Waals surface area contributed by atoms with Crippen molar-refractivity contribution in [2.24, 2.45) is 11.7 Å². The molecular formula is C14H22BrClN2O2S. The summed E-state index contributed by atoms with van der Waals surface area (Å²) < 4.78 is 13.0. The highest BCUT2D eigenvalue weighted by atomic mass is 79.9. The van der Waals surface area contributed by atoms with Gasteiger partial charge < -0.3 is 11.1 Å². The van der Waals surface area contributed by atoms with Crippen molar-refractivity contribution in [1.29, 1.82) is 0 Å². The van der Waals surface area contributed by atoms with Crippen molar-refractivity contribution in [3.8, 4) is 0 Å². The third-order valence-electron chi connectivity index (χ3n) is 2.86. The monoisotopic (exact) mass is 396 g/mol. The molecule has 0 heterocycles. The minimum absolute atomic E-state index is 0. The third-order valence-corrected chi connectivity index (χ3v) is 4.85. The van der Waals surface area contributed by atoms with E-state index in [0.29, 0.717) is 31.7 Å². The van der Waals surface area contributed by atoms with Crippen molar-refractivity contribution >= 4 is 45.0 Å². The number of rotatable bonds is 8. The Balaban J connectivity index is 0.00000400. The van der Waals surface area contributed by atoms with Crippen LogP contribution in [-0.2, 0) is 15.6 Å². The van der Waals surface area contributed by atoms with E-state index in [0.717, 1.165) is 9.37 Å².